The summed E-state index contributed by atoms with van der Waals surface area (Å²) in [6.07, 6.45) is 6.15. The van der Waals surface area contributed by atoms with Gasteiger partial charge in [0.05, 0.1) is 6.54 Å². The van der Waals surface area contributed by atoms with E-state index >= 15 is 0 Å². The molecule has 162 valence electrons. The molecular weight excluding hydrogens is 374 g/mol. The van der Waals surface area contributed by atoms with Gasteiger partial charge >= 0.3 is 0 Å². The van der Waals surface area contributed by atoms with Gasteiger partial charge in [0.15, 0.2) is 0 Å². The van der Waals surface area contributed by atoms with Crippen LogP contribution in [-0.4, -0.2) is 45.3 Å². The molecule has 2 aromatic rings. The lowest BCUT2D eigenvalue weighted by molar-refractivity contribution is -0.140. The highest BCUT2D eigenvalue weighted by Crippen LogP contribution is 2.12. The van der Waals surface area contributed by atoms with E-state index in [0.717, 1.165) is 17.7 Å². The second-order valence-corrected chi connectivity index (χ2v) is 8.25. The molecule has 1 heterocycles. The Kier molecular flexibility index (Phi) is 8.90. The number of amides is 2. The number of nitrogens with zero attached hydrogens (tertiary/aromatic N) is 3. The molecule has 0 N–H and O–H groups in total. The van der Waals surface area contributed by atoms with Crippen molar-refractivity contribution in [3.05, 3.63) is 66.0 Å². The Labute approximate surface area is 181 Å². The summed E-state index contributed by atoms with van der Waals surface area (Å²) >= 11 is 0. The van der Waals surface area contributed by atoms with Gasteiger partial charge in [0.1, 0.15) is 6.54 Å². The zero-order valence-corrected chi connectivity index (χ0v) is 18.9. The maximum absolute atomic E-state index is 13.2. The minimum absolute atomic E-state index is 0.0159. The first-order chi connectivity index (χ1) is 14.3. The van der Waals surface area contributed by atoms with E-state index in [-0.39, 0.29) is 24.4 Å². The van der Waals surface area contributed by atoms with Gasteiger partial charge in [-0.15, -0.1) is 0 Å². The third-order valence-electron chi connectivity index (χ3n) is 5.27. The third-order valence-corrected chi connectivity index (χ3v) is 5.27. The molecule has 0 bridgehead atoms. The van der Waals surface area contributed by atoms with Crippen molar-refractivity contribution in [2.24, 2.45) is 13.0 Å². The number of carbonyl (C=O) groups excluding carboxylic acids is 2. The van der Waals surface area contributed by atoms with Crippen LogP contribution in [0.3, 0.4) is 0 Å². The van der Waals surface area contributed by atoms with E-state index in [2.05, 4.69) is 13.8 Å². The van der Waals surface area contributed by atoms with Crippen LogP contribution in [0.5, 0.6) is 0 Å². The topological polar surface area (TPSA) is 45.6 Å². The molecule has 0 fully saturated rings. The maximum Gasteiger partial charge on any atom is 0.247 e. The van der Waals surface area contributed by atoms with E-state index < -0.39 is 0 Å². The molecule has 2 amide bonds. The SMILES string of the molecule is CCC(C)N(CC(=O)N(Cc1cccn1C)CC(C)C)C(=O)C=Cc1ccccc1. The maximum atomic E-state index is 13.2. The first-order valence-electron chi connectivity index (χ1n) is 10.7. The monoisotopic (exact) mass is 409 g/mol. The van der Waals surface area contributed by atoms with Gasteiger partial charge in [0.2, 0.25) is 11.8 Å². The zero-order chi connectivity index (χ0) is 22.1. The molecule has 1 aromatic carbocycles. The van der Waals surface area contributed by atoms with Crippen molar-refractivity contribution < 1.29 is 9.59 Å². The Bertz CT molecular complexity index is 839. The van der Waals surface area contributed by atoms with E-state index in [1.54, 1.807) is 17.1 Å². The lowest BCUT2D eigenvalue weighted by Crippen LogP contribution is -2.46. The number of aromatic nitrogens is 1. The van der Waals surface area contributed by atoms with Crippen LogP contribution in [0.4, 0.5) is 0 Å². The Morgan fingerprint density at radius 1 is 1.07 bits per heavy atom. The van der Waals surface area contributed by atoms with Gasteiger partial charge in [-0.25, -0.2) is 0 Å². The molecule has 0 saturated carbocycles. The fourth-order valence-electron chi connectivity index (χ4n) is 3.30. The minimum Gasteiger partial charge on any atom is -0.353 e. The Hall–Kier alpha value is -2.82. The Morgan fingerprint density at radius 2 is 1.77 bits per heavy atom. The van der Waals surface area contributed by atoms with Gasteiger partial charge in [0, 0.05) is 37.6 Å². The van der Waals surface area contributed by atoms with Crippen molar-refractivity contribution in [3.8, 4) is 0 Å². The summed E-state index contributed by atoms with van der Waals surface area (Å²) in [4.78, 5) is 29.7. The number of benzene rings is 1. The summed E-state index contributed by atoms with van der Waals surface area (Å²) in [6.45, 7) is 9.52. The Morgan fingerprint density at radius 3 is 2.33 bits per heavy atom. The fourth-order valence-corrected chi connectivity index (χ4v) is 3.30. The van der Waals surface area contributed by atoms with E-state index in [0.29, 0.717) is 19.0 Å². The molecule has 0 saturated heterocycles. The van der Waals surface area contributed by atoms with Crippen LogP contribution in [0.2, 0.25) is 0 Å². The quantitative estimate of drug-likeness (QED) is 0.548. The van der Waals surface area contributed by atoms with Crippen molar-refractivity contribution in [1.29, 1.82) is 0 Å². The molecule has 30 heavy (non-hydrogen) atoms. The molecule has 0 spiro atoms. The van der Waals surface area contributed by atoms with Gasteiger partial charge in [-0.2, -0.15) is 0 Å². The minimum atomic E-state index is -0.134. The molecular formula is C25H35N3O2. The molecule has 1 atom stereocenters. The molecule has 0 aliphatic heterocycles. The number of carbonyl (C=O) groups is 2. The first kappa shape index (κ1) is 23.5. The zero-order valence-electron chi connectivity index (χ0n) is 18.9. The summed E-state index contributed by atoms with van der Waals surface area (Å²) in [5.74, 6) is 0.191. The summed E-state index contributed by atoms with van der Waals surface area (Å²) in [7, 11) is 1.98. The average Bonchev–Trinajstić information content (AvgIpc) is 3.13. The Balaban J connectivity index is 2.15. The van der Waals surface area contributed by atoms with Crippen molar-refractivity contribution >= 4 is 17.9 Å². The second-order valence-electron chi connectivity index (χ2n) is 8.25. The smallest absolute Gasteiger partial charge is 0.247 e. The van der Waals surface area contributed by atoms with Crippen molar-refractivity contribution in [2.75, 3.05) is 13.1 Å². The van der Waals surface area contributed by atoms with Gasteiger partial charge in [-0.1, -0.05) is 51.1 Å². The molecule has 0 aliphatic rings. The number of rotatable bonds is 10. The highest BCUT2D eigenvalue weighted by atomic mass is 16.2. The molecule has 5 heteroatoms. The summed E-state index contributed by atoms with van der Waals surface area (Å²) in [5.41, 5.74) is 2.04. The molecule has 0 radical (unpaired) electrons. The lowest BCUT2D eigenvalue weighted by Gasteiger charge is -2.31. The number of hydrogen-bond acceptors (Lipinski definition) is 2. The van der Waals surface area contributed by atoms with Gasteiger partial charge < -0.3 is 14.4 Å². The van der Waals surface area contributed by atoms with Crippen LogP contribution in [0.25, 0.3) is 6.08 Å². The normalized spacial score (nSPS) is 12.3. The van der Waals surface area contributed by atoms with Crippen LogP contribution in [0, 0.1) is 5.92 Å². The van der Waals surface area contributed by atoms with Gasteiger partial charge in [-0.05, 0) is 43.0 Å². The number of aryl methyl sites for hydroxylation is 1. The van der Waals surface area contributed by atoms with Crippen molar-refractivity contribution in [3.63, 3.8) is 0 Å². The molecule has 0 aliphatic carbocycles. The highest BCUT2D eigenvalue weighted by Gasteiger charge is 2.24. The van der Waals surface area contributed by atoms with Crippen molar-refractivity contribution in [2.45, 2.75) is 46.7 Å². The van der Waals surface area contributed by atoms with E-state index in [1.807, 2.05) is 79.0 Å². The van der Waals surface area contributed by atoms with Gasteiger partial charge in [-0.3, -0.25) is 9.59 Å². The van der Waals surface area contributed by atoms with Crippen LogP contribution < -0.4 is 0 Å². The van der Waals surface area contributed by atoms with Gasteiger partial charge in [0.25, 0.3) is 0 Å². The summed E-state index contributed by atoms with van der Waals surface area (Å²) < 4.78 is 2.03. The van der Waals surface area contributed by atoms with E-state index in [4.69, 9.17) is 0 Å². The largest absolute Gasteiger partial charge is 0.353 e. The van der Waals surface area contributed by atoms with Crippen LogP contribution in [0.1, 0.15) is 45.4 Å². The predicted octanol–water partition coefficient (Wildman–Crippen LogP) is 4.35. The molecule has 5 nitrogen and oxygen atoms in total. The first-order valence-corrected chi connectivity index (χ1v) is 10.7. The third kappa shape index (κ3) is 6.90. The standard InChI is InChI=1S/C25H35N3O2/c1-6-21(4)28(24(29)15-14-22-11-8-7-9-12-22)19-25(30)27(17-20(2)3)18-23-13-10-16-26(23)5/h7-16,20-21H,6,17-19H2,1-5H3. The lowest BCUT2D eigenvalue weighted by atomic mass is 10.1. The van der Waals surface area contributed by atoms with Crippen LogP contribution >= 0.6 is 0 Å². The summed E-state index contributed by atoms with van der Waals surface area (Å²) in [6, 6.07) is 13.7. The predicted molar refractivity (Wildman–Crippen MR) is 123 cm³/mol. The van der Waals surface area contributed by atoms with Crippen LogP contribution in [-0.2, 0) is 23.2 Å². The second kappa shape index (κ2) is 11.4. The molecule has 1 unspecified atom stereocenters. The van der Waals surface area contributed by atoms with Crippen LogP contribution in [0.15, 0.2) is 54.7 Å². The van der Waals surface area contributed by atoms with E-state index in [1.165, 1.54) is 0 Å². The molecule has 1 aromatic heterocycles. The number of hydrogen-bond donors (Lipinski definition) is 0. The highest BCUT2D eigenvalue weighted by molar-refractivity contribution is 5.94. The van der Waals surface area contributed by atoms with Crippen molar-refractivity contribution in [1.82, 2.24) is 14.4 Å². The average molecular weight is 410 g/mol. The van der Waals surface area contributed by atoms with E-state index in [9.17, 15) is 9.59 Å². The molecule has 2 rings (SSSR count). The fraction of sp³-hybridized carbons (Fsp3) is 0.440. The summed E-state index contributed by atoms with van der Waals surface area (Å²) in [5, 5.41) is 0.